The minimum atomic E-state index is -3.66. The third-order valence-corrected chi connectivity index (χ3v) is 4.96. The molecule has 0 fully saturated rings. The first-order valence-corrected chi connectivity index (χ1v) is 8.23. The van der Waals surface area contributed by atoms with E-state index < -0.39 is 10.0 Å². The molecule has 1 aromatic heterocycles. The Labute approximate surface area is 129 Å². The molecule has 0 atom stereocenters. The number of benzene rings is 1. The average molecular weight is 329 g/mol. The van der Waals surface area contributed by atoms with Crippen molar-refractivity contribution in [3.05, 3.63) is 46.2 Å². The fourth-order valence-corrected chi connectivity index (χ4v) is 3.57. The van der Waals surface area contributed by atoms with Gasteiger partial charge in [-0.25, -0.2) is 13.1 Å². The molecule has 0 saturated carbocycles. The van der Waals surface area contributed by atoms with Gasteiger partial charge in [-0.1, -0.05) is 29.8 Å². The van der Waals surface area contributed by atoms with E-state index in [9.17, 15) is 8.42 Å². The SMILES string of the molecule is CNCc1n[nH]c(C)c1S(=O)(=O)NCc1ccccc1Cl. The van der Waals surface area contributed by atoms with Crippen LogP contribution in [0.15, 0.2) is 29.2 Å². The second kappa shape index (κ2) is 6.57. The molecule has 0 unspecified atom stereocenters. The van der Waals surface area contributed by atoms with E-state index in [0.717, 1.165) is 5.56 Å². The first-order valence-electron chi connectivity index (χ1n) is 6.37. The number of nitrogens with zero attached hydrogens (tertiary/aromatic N) is 1. The number of aromatic amines is 1. The van der Waals surface area contributed by atoms with Gasteiger partial charge < -0.3 is 5.32 Å². The number of sulfonamides is 1. The molecule has 3 N–H and O–H groups in total. The lowest BCUT2D eigenvalue weighted by atomic mass is 10.2. The molecule has 1 heterocycles. The lowest BCUT2D eigenvalue weighted by Crippen LogP contribution is -2.25. The summed E-state index contributed by atoms with van der Waals surface area (Å²) in [7, 11) is -1.92. The van der Waals surface area contributed by atoms with Crippen molar-refractivity contribution in [2.75, 3.05) is 7.05 Å². The van der Waals surface area contributed by atoms with Gasteiger partial charge >= 0.3 is 0 Å². The van der Waals surface area contributed by atoms with Gasteiger partial charge in [0.15, 0.2) is 0 Å². The molecule has 0 bridgehead atoms. The summed E-state index contributed by atoms with van der Waals surface area (Å²) in [5.74, 6) is 0. The Morgan fingerprint density at radius 2 is 2.00 bits per heavy atom. The van der Waals surface area contributed by atoms with Crippen LogP contribution in [-0.2, 0) is 23.1 Å². The topological polar surface area (TPSA) is 86.9 Å². The zero-order chi connectivity index (χ0) is 15.5. The molecule has 6 nitrogen and oxygen atoms in total. The predicted molar refractivity (Wildman–Crippen MR) is 81.6 cm³/mol. The van der Waals surface area contributed by atoms with Crippen LogP contribution >= 0.6 is 11.6 Å². The van der Waals surface area contributed by atoms with Crippen molar-refractivity contribution in [2.24, 2.45) is 0 Å². The third kappa shape index (κ3) is 3.62. The minimum absolute atomic E-state index is 0.131. The van der Waals surface area contributed by atoms with Crippen molar-refractivity contribution in [1.82, 2.24) is 20.2 Å². The fourth-order valence-electron chi connectivity index (χ4n) is 2.00. The molecule has 0 aliphatic rings. The molecule has 2 aromatic rings. The Kier molecular flexibility index (Phi) is 5.00. The van der Waals surface area contributed by atoms with Gasteiger partial charge in [0.2, 0.25) is 10.0 Å². The molecule has 0 spiro atoms. The van der Waals surface area contributed by atoms with Gasteiger partial charge in [0.25, 0.3) is 0 Å². The van der Waals surface area contributed by atoms with Crippen LogP contribution in [0.4, 0.5) is 0 Å². The number of halogens is 1. The van der Waals surface area contributed by atoms with Crippen molar-refractivity contribution < 1.29 is 8.42 Å². The number of hydrogen-bond donors (Lipinski definition) is 3. The van der Waals surface area contributed by atoms with Crippen LogP contribution in [0.5, 0.6) is 0 Å². The summed E-state index contributed by atoms with van der Waals surface area (Å²) in [6.45, 7) is 2.18. The van der Waals surface area contributed by atoms with Gasteiger partial charge in [-0.3, -0.25) is 5.10 Å². The average Bonchev–Trinajstić information content (AvgIpc) is 2.80. The van der Waals surface area contributed by atoms with Crippen LogP contribution in [0.3, 0.4) is 0 Å². The first kappa shape index (κ1) is 16.0. The summed E-state index contributed by atoms with van der Waals surface area (Å²) in [6, 6.07) is 7.11. The third-order valence-electron chi connectivity index (χ3n) is 2.98. The summed E-state index contributed by atoms with van der Waals surface area (Å²) in [4.78, 5) is 0.184. The monoisotopic (exact) mass is 328 g/mol. The minimum Gasteiger partial charge on any atom is -0.314 e. The van der Waals surface area contributed by atoms with Gasteiger partial charge in [0.05, 0.1) is 11.4 Å². The normalized spacial score (nSPS) is 11.8. The van der Waals surface area contributed by atoms with Crippen LogP contribution in [0, 0.1) is 6.92 Å². The molecule has 114 valence electrons. The molecule has 0 radical (unpaired) electrons. The predicted octanol–water partition coefficient (Wildman–Crippen LogP) is 1.57. The Hall–Kier alpha value is -1.41. The summed E-state index contributed by atoms with van der Waals surface area (Å²) < 4.78 is 27.5. The second-order valence-corrected chi connectivity index (χ2v) is 6.68. The largest absolute Gasteiger partial charge is 0.314 e. The van der Waals surface area contributed by atoms with E-state index in [0.29, 0.717) is 23.0 Å². The van der Waals surface area contributed by atoms with E-state index in [1.54, 1.807) is 32.2 Å². The zero-order valence-corrected chi connectivity index (χ0v) is 13.3. The quantitative estimate of drug-likeness (QED) is 0.751. The smallest absolute Gasteiger partial charge is 0.244 e. The second-order valence-electron chi connectivity index (χ2n) is 4.57. The standard InChI is InChI=1S/C13H17ClN4O2S/c1-9-13(12(8-15-2)18-17-9)21(19,20)16-7-10-5-3-4-6-11(10)14/h3-6,15-16H,7-8H2,1-2H3,(H,17,18). The van der Waals surface area contributed by atoms with E-state index >= 15 is 0 Å². The molecule has 0 aliphatic carbocycles. The molecular formula is C13H17ClN4O2S. The highest BCUT2D eigenvalue weighted by molar-refractivity contribution is 7.89. The van der Waals surface area contributed by atoms with Crippen molar-refractivity contribution in [2.45, 2.75) is 24.9 Å². The molecule has 0 aliphatic heterocycles. The van der Waals surface area contributed by atoms with E-state index in [2.05, 4.69) is 20.2 Å². The van der Waals surface area contributed by atoms with Crippen molar-refractivity contribution in [3.8, 4) is 0 Å². The first-order chi connectivity index (χ1) is 9.95. The number of nitrogens with one attached hydrogen (secondary N) is 3. The van der Waals surface area contributed by atoms with Crippen molar-refractivity contribution >= 4 is 21.6 Å². The van der Waals surface area contributed by atoms with Gasteiger partial charge in [-0.2, -0.15) is 5.10 Å². The molecule has 0 saturated heterocycles. The maximum absolute atomic E-state index is 12.5. The molecule has 2 rings (SSSR count). The highest BCUT2D eigenvalue weighted by Crippen LogP contribution is 2.19. The molecule has 0 amide bonds. The number of rotatable bonds is 6. The van der Waals surface area contributed by atoms with E-state index in [-0.39, 0.29) is 11.4 Å². The molecule has 8 heteroatoms. The Morgan fingerprint density at radius 3 is 2.67 bits per heavy atom. The lowest BCUT2D eigenvalue weighted by Gasteiger charge is -2.09. The van der Waals surface area contributed by atoms with E-state index in [1.165, 1.54) is 0 Å². The van der Waals surface area contributed by atoms with E-state index in [4.69, 9.17) is 11.6 Å². The van der Waals surface area contributed by atoms with Crippen molar-refractivity contribution in [1.29, 1.82) is 0 Å². The highest BCUT2D eigenvalue weighted by Gasteiger charge is 2.23. The van der Waals surface area contributed by atoms with Gasteiger partial charge in [-0.05, 0) is 25.6 Å². The fraction of sp³-hybridized carbons (Fsp3) is 0.308. The molecule has 21 heavy (non-hydrogen) atoms. The summed E-state index contributed by atoms with van der Waals surface area (Å²) in [5.41, 5.74) is 1.69. The van der Waals surface area contributed by atoms with Crippen LogP contribution in [-0.4, -0.2) is 25.7 Å². The summed E-state index contributed by atoms with van der Waals surface area (Å²) in [5, 5.41) is 10.1. The highest BCUT2D eigenvalue weighted by atomic mass is 35.5. The Bertz CT molecular complexity index is 728. The lowest BCUT2D eigenvalue weighted by molar-refractivity contribution is 0.578. The number of aryl methyl sites for hydroxylation is 1. The summed E-state index contributed by atoms with van der Waals surface area (Å²) >= 11 is 6.03. The maximum atomic E-state index is 12.5. The Morgan fingerprint density at radius 1 is 1.29 bits per heavy atom. The molecular weight excluding hydrogens is 312 g/mol. The van der Waals surface area contributed by atoms with E-state index in [1.807, 2.05) is 6.07 Å². The van der Waals surface area contributed by atoms with Gasteiger partial charge in [0.1, 0.15) is 4.90 Å². The van der Waals surface area contributed by atoms with Crippen LogP contribution in [0.25, 0.3) is 0 Å². The molecule has 1 aromatic carbocycles. The van der Waals surface area contributed by atoms with Crippen LogP contribution < -0.4 is 10.0 Å². The van der Waals surface area contributed by atoms with Gasteiger partial charge in [-0.15, -0.1) is 0 Å². The summed E-state index contributed by atoms with van der Waals surface area (Å²) in [6.07, 6.45) is 0. The van der Waals surface area contributed by atoms with Crippen LogP contribution in [0.2, 0.25) is 5.02 Å². The number of aromatic nitrogens is 2. The van der Waals surface area contributed by atoms with Gasteiger partial charge in [0, 0.05) is 18.1 Å². The number of H-pyrrole nitrogens is 1. The van der Waals surface area contributed by atoms with Crippen LogP contribution in [0.1, 0.15) is 17.0 Å². The zero-order valence-electron chi connectivity index (χ0n) is 11.8. The number of hydrogen-bond acceptors (Lipinski definition) is 4. The van der Waals surface area contributed by atoms with Crippen molar-refractivity contribution in [3.63, 3.8) is 0 Å². The maximum Gasteiger partial charge on any atom is 0.244 e. The Balaban J connectivity index is 2.23.